The first-order valence-corrected chi connectivity index (χ1v) is 15.2. The van der Waals surface area contributed by atoms with E-state index in [-0.39, 0.29) is 0 Å². The molecule has 0 unspecified atom stereocenters. The van der Waals surface area contributed by atoms with Crippen LogP contribution < -0.4 is 9.64 Å². The minimum absolute atomic E-state index is 0.471. The average Bonchev–Trinajstić information content (AvgIpc) is 3.13. The maximum Gasteiger partial charge on any atom is 0.335 e. The van der Waals surface area contributed by atoms with Gasteiger partial charge in [0.2, 0.25) is 0 Å². The monoisotopic (exact) mass is 595 g/mol. The zero-order valence-electron chi connectivity index (χ0n) is 25.4. The maximum atomic E-state index is 11.4. The zero-order valence-corrected chi connectivity index (χ0v) is 25.4. The van der Waals surface area contributed by atoms with E-state index in [0.717, 1.165) is 39.8 Å². The minimum atomic E-state index is -0.471. The van der Waals surface area contributed by atoms with Crippen LogP contribution >= 0.6 is 0 Å². The minimum Gasteiger partial charge on any atom is -0.423 e. The van der Waals surface area contributed by atoms with Gasteiger partial charge < -0.3 is 9.64 Å². The molecule has 0 amide bonds. The lowest BCUT2D eigenvalue weighted by Gasteiger charge is -2.25. The van der Waals surface area contributed by atoms with Gasteiger partial charge in [0.25, 0.3) is 0 Å². The fraction of sp³-hybridized carbons (Fsp3) is 0. The Hall–Kier alpha value is -6.19. The highest BCUT2D eigenvalue weighted by Gasteiger charge is 2.12. The molecular formula is C43H33NO2. The van der Waals surface area contributed by atoms with Gasteiger partial charge in [-0.15, -0.1) is 0 Å². The molecule has 0 atom stereocenters. The van der Waals surface area contributed by atoms with Crippen LogP contribution in [0, 0.1) is 0 Å². The standard InChI is InChI=1S/C43H33NO2/c1-2-43(45)46-41-30-24-34(25-31-41)19-18-33-20-26-39(27-21-33)44(38-16-10-5-11-17-38)40-28-22-35(23-29-40)32-42(36-12-6-3-7-13-36)37-14-8-4-9-15-37/h2-32H,1H2/b19-18+. The number of hydrogen-bond donors (Lipinski definition) is 0. The normalized spacial score (nSPS) is 10.7. The molecule has 3 heteroatoms. The molecule has 222 valence electrons. The van der Waals surface area contributed by atoms with Crippen molar-refractivity contribution in [2.24, 2.45) is 0 Å². The van der Waals surface area contributed by atoms with E-state index < -0.39 is 5.97 Å². The van der Waals surface area contributed by atoms with Crippen molar-refractivity contribution in [3.8, 4) is 5.75 Å². The highest BCUT2D eigenvalue weighted by Crippen LogP contribution is 2.35. The van der Waals surface area contributed by atoms with E-state index in [2.05, 4.69) is 145 Å². The lowest BCUT2D eigenvalue weighted by Crippen LogP contribution is -2.09. The second kappa shape index (κ2) is 14.5. The molecule has 0 saturated heterocycles. The smallest absolute Gasteiger partial charge is 0.335 e. The number of esters is 1. The highest BCUT2D eigenvalue weighted by atomic mass is 16.5. The SMILES string of the molecule is C=CC(=O)Oc1ccc(/C=C/c2ccc(N(c3ccccc3)c3ccc(C=C(c4ccccc4)c4ccccc4)cc3)cc2)cc1. The number of hydrogen-bond acceptors (Lipinski definition) is 3. The molecule has 6 aromatic rings. The van der Waals surface area contributed by atoms with Gasteiger partial charge in [-0.3, -0.25) is 0 Å². The summed E-state index contributed by atoms with van der Waals surface area (Å²) in [6, 6.07) is 56.0. The van der Waals surface area contributed by atoms with Crippen molar-refractivity contribution in [1.82, 2.24) is 0 Å². The average molecular weight is 596 g/mol. The molecule has 0 aliphatic carbocycles. The summed E-state index contributed by atoms with van der Waals surface area (Å²) in [4.78, 5) is 13.7. The zero-order chi connectivity index (χ0) is 31.6. The van der Waals surface area contributed by atoms with Gasteiger partial charge in [0.15, 0.2) is 0 Å². The molecule has 0 spiro atoms. The van der Waals surface area contributed by atoms with Crippen molar-refractivity contribution >= 4 is 46.8 Å². The molecule has 0 heterocycles. The molecule has 3 nitrogen and oxygen atoms in total. The first kappa shape index (κ1) is 29.9. The number of nitrogens with zero attached hydrogens (tertiary/aromatic N) is 1. The van der Waals surface area contributed by atoms with Crippen molar-refractivity contribution in [3.63, 3.8) is 0 Å². The van der Waals surface area contributed by atoms with Crippen LogP contribution in [-0.4, -0.2) is 5.97 Å². The number of rotatable bonds is 10. The number of anilines is 3. The first-order chi connectivity index (χ1) is 22.7. The Balaban J connectivity index is 1.25. The molecule has 0 radical (unpaired) electrons. The van der Waals surface area contributed by atoms with Gasteiger partial charge in [-0.2, -0.15) is 0 Å². The molecule has 0 bridgehead atoms. The van der Waals surface area contributed by atoms with Crippen LogP contribution in [0.15, 0.2) is 176 Å². The summed E-state index contributed by atoms with van der Waals surface area (Å²) in [7, 11) is 0. The first-order valence-electron chi connectivity index (χ1n) is 15.2. The molecule has 46 heavy (non-hydrogen) atoms. The Morgan fingerprint density at radius 1 is 0.500 bits per heavy atom. The van der Waals surface area contributed by atoms with E-state index in [4.69, 9.17) is 4.74 Å². The molecule has 6 aromatic carbocycles. The van der Waals surface area contributed by atoms with Crippen molar-refractivity contribution in [3.05, 3.63) is 204 Å². The molecule has 0 aliphatic rings. The van der Waals surface area contributed by atoms with E-state index in [0.29, 0.717) is 5.75 Å². The summed E-state index contributed by atoms with van der Waals surface area (Å²) in [6.07, 6.45) is 7.51. The topological polar surface area (TPSA) is 29.5 Å². The number of ether oxygens (including phenoxy) is 1. The Kier molecular flexibility index (Phi) is 9.43. The van der Waals surface area contributed by atoms with Crippen molar-refractivity contribution in [2.75, 3.05) is 4.90 Å². The fourth-order valence-corrected chi connectivity index (χ4v) is 5.21. The largest absolute Gasteiger partial charge is 0.423 e. The third-order valence-corrected chi connectivity index (χ3v) is 7.53. The molecule has 0 aromatic heterocycles. The predicted octanol–water partition coefficient (Wildman–Crippen LogP) is 11.0. The third-order valence-electron chi connectivity index (χ3n) is 7.53. The van der Waals surface area contributed by atoms with Gasteiger partial charge in [-0.1, -0.05) is 134 Å². The van der Waals surface area contributed by atoms with Crippen molar-refractivity contribution < 1.29 is 9.53 Å². The van der Waals surface area contributed by atoms with Gasteiger partial charge in [0.1, 0.15) is 5.75 Å². The second-order valence-electron chi connectivity index (χ2n) is 10.7. The molecule has 0 saturated carbocycles. The Morgan fingerprint density at radius 2 is 0.913 bits per heavy atom. The lowest BCUT2D eigenvalue weighted by molar-refractivity contribution is -0.128. The van der Waals surface area contributed by atoms with Crippen LogP contribution in [0.25, 0.3) is 23.8 Å². The van der Waals surface area contributed by atoms with Gasteiger partial charge >= 0.3 is 5.97 Å². The van der Waals surface area contributed by atoms with Gasteiger partial charge in [0, 0.05) is 23.1 Å². The molecule has 6 rings (SSSR count). The van der Waals surface area contributed by atoms with Crippen LogP contribution in [-0.2, 0) is 4.79 Å². The summed E-state index contributed by atoms with van der Waals surface area (Å²) in [5.74, 6) is 0.0188. The van der Waals surface area contributed by atoms with Crippen LogP contribution in [0.4, 0.5) is 17.1 Å². The van der Waals surface area contributed by atoms with E-state index in [1.165, 1.54) is 16.7 Å². The van der Waals surface area contributed by atoms with E-state index in [9.17, 15) is 4.79 Å². The van der Waals surface area contributed by atoms with Crippen molar-refractivity contribution in [1.29, 1.82) is 0 Å². The Labute approximate surface area is 270 Å². The number of carbonyl (C=O) groups is 1. The van der Waals surface area contributed by atoms with Gasteiger partial charge in [0.05, 0.1) is 0 Å². The molecule has 0 fully saturated rings. The summed E-state index contributed by atoms with van der Waals surface area (Å²) in [6.45, 7) is 3.43. The summed E-state index contributed by atoms with van der Waals surface area (Å²) in [5.41, 5.74) is 9.99. The highest BCUT2D eigenvalue weighted by molar-refractivity contribution is 5.92. The number of para-hydroxylation sites is 1. The molecule has 0 N–H and O–H groups in total. The molecule has 0 aliphatic heterocycles. The van der Waals surface area contributed by atoms with Crippen LogP contribution in [0.3, 0.4) is 0 Å². The summed E-state index contributed by atoms with van der Waals surface area (Å²) in [5, 5.41) is 0. The number of benzene rings is 6. The van der Waals surface area contributed by atoms with Gasteiger partial charge in [-0.25, -0.2) is 4.79 Å². The van der Waals surface area contributed by atoms with E-state index >= 15 is 0 Å². The Bertz CT molecular complexity index is 1900. The van der Waals surface area contributed by atoms with E-state index in [1.54, 1.807) is 12.1 Å². The fourth-order valence-electron chi connectivity index (χ4n) is 5.21. The quantitative estimate of drug-likeness (QED) is 0.0683. The van der Waals surface area contributed by atoms with E-state index in [1.807, 2.05) is 36.4 Å². The van der Waals surface area contributed by atoms with Crippen LogP contribution in [0.5, 0.6) is 5.75 Å². The van der Waals surface area contributed by atoms with Crippen LogP contribution in [0.2, 0.25) is 0 Å². The second-order valence-corrected chi connectivity index (χ2v) is 10.7. The van der Waals surface area contributed by atoms with Gasteiger partial charge in [-0.05, 0) is 88.0 Å². The molecular weight excluding hydrogens is 562 g/mol. The maximum absolute atomic E-state index is 11.4. The summed E-state index contributed by atoms with van der Waals surface area (Å²) < 4.78 is 5.16. The van der Waals surface area contributed by atoms with Crippen LogP contribution in [0.1, 0.15) is 27.8 Å². The summed E-state index contributed by atoms with van der Waals surface area (Å²) >= 11 is 0. The third kappa shape index (κ3) is 7.47. The lowest BCUT2D eigenvalue weighted by atomic mass is 9.95. The predicted molar refractivity (Wildman–Crippen MR) is 192 cm³/mol. The Morgan fingerprint density at radius 3 is 1.39 bits per heavy atom. The van der Waals surface area contributed by atoms with Crippen molar-refractivity contribution in [2.45, 2.75) is 0 Å². The number of carbonyl (C=O) groups excluding carboxylic acids is 1.